The Hall–Kier alpha value is -2.34. The molecule has 2 aliphatic heterocycles. The molecule has 7 nitrogen and oxygen atoms in total. The van der Waals surface area contributed by atoms with Crippen LogP contribution in [0.4, 0.5) is 5.69 Å². The van der Waals surface area contributed by atoms with Gasteiger partial charge in [0.25, 0.3) is 11.5 Å². The summed E-state index contributed by atoms with van der Waals surface area (Å²) in [5.41, 5.74) is 0.962. The zero-order valence-electron chi connectivity index (χ0n) is 17.2. The quantitative estimate of drug-likeness (QED) is 0.620. The standard InChI is InChI=1S/C21H19N3O4S4/c1-3-22-12-7-5-6-8-13(12)30-15(22)10-9-14-18(27)23(4-2)20(31-14)17-19(28)24(11-16(25)26)21(29)32-17/h5-10H,3-4,11H2,1-2H3,(H,25,26)/b14-9-,15-10?,20-17?. The predicted octanol–water partition coefficient (Wildman–Crippen LogP) is 2.24. The molecule has 1 aromatic carbocycles. The van der Waals surface area contributed by atoms with Crippen LogP contribution in [0.25, 0.3) is 11.0 Å². The summed E-state index contributed by atoms with van der Waals surface area (Å²) >= 11 is 9.10. The molecule has 166 valence electrons. The molecule has 1 aromatic heterocycles. The minimum Gasteiger partial charge on any atom is -0.480 e. The second-order valence-corrected chi connectivity index (χ2v) is 10.5. The van der Waals surface area contributed by atoms with E-state index in [0.29, 0.717) is 20.6 Å². The zero-order valence-corrected chi connectivity index (χ0v) is 20.5. The predicted molar refractivity (Wildman–Crippen MR) is 134 cm³/mol. The maximum absolute atomic E-state index is 13.0. The lowest BCUT2D eigenvalue weighted by Gasteiger charge is -2.17. The number of fused-ring (bicyclic) bond motifs is 1. The number of aromatic nitrogens is 1. The van der Waals surface area contributed by atoms with Crippen LogP contribution in [0.2, 0.25) is 0 Å². The summed E-state index contributed by atoms with van der Waals surface area (Å²) < 4.78 is 2.73. The molecule has 2 aliphatic rings. The van der Waals surface area contributed by atoms with E-state index in [0.717, 1.165) is 33.9 Å². The van der Waals surface area contributed by atoms with Crippen molar-refractivity contribution >= 4 is 79.9 Å². The number of aliphatic carboxylic acids is 1. The van der Waals surface area contributed by atoms with Crippen molar-refractivity contribution in [1.29, 1.82) is 0 Å². The number of carboxylic acids is 1. The van der Waals surface area contributed by atoms with E-state index in [1.165, 1.54) is 20.8 Å². The van der Waals surface area contributed by atoms with Gasteiger partial charge in [0.05, 0.1) is 15.2 Å². The number of benzene rings is 1. The number of amides is 1. The van der Waals surface area contributed by atoms with E-state index in [9.17, 15) is 14.4 Å². The van der Waals surface area contributed by atoms with Crippen molar-refractivity contribution in [2.45, 2.75) is 25.3 Å². The monoisotopic (exact) mass is 505 g/mol. The first-order valence-corrected chi connectivity index (χ1v) is 12.7. The van der Waals surface area contributed by atoms with Crippen molar-refractivity contribution in [3.8, 4) is 0 Å². The molecule has 2 aromatic rings. The van der Waals surface area contributed by atoms with E-state index in [4.69, 9.17) is 17.3 Å². The van der Waals surface area contributed by atoms with Crippen molar-refractivity contribution in [3.05, 3.63) is 54.9 Å². The minimum atomic E-state index is -1.14. The number of thioether (sulfide) groups is 2. The Morgan fingerprint density at radius 1 is 1.09 bits per heavy atom. The Balaban J connectivity index is 1.78. The van der Waals surface area contributed by atoms with E-state index in [1.54, 1.807) is 17.8 Å². The van der Waals surface area contributed by atoms with Crippen molar-refractivity contribution in [2.75, 3.05) is 18.0 Å². The van der Waals surface area contributed by atoms with Gasteiger partial charge in [0.2, 0.25) is 0 Å². The van der Waals surface area contributed by atoms with Gasteiger partial charge in [-0.3, -0.25) is 23.9 Å². The van der Waals surface area contributed by atoms with E-state index < -0.39 is 18.4 Å². The average molecular weight is 506 g/mol. The fourth-order valence-corrected chi connectivity index (χ4v) is 7.09. The molecule has 11 heteroatoms. The maximum Gasteiger partial charge on any atom is 0.323 e. The molecule has 0 bridgehead atoms. The number of thiocarbonyl (C=S) groups is 1. The van der Waals surface area contributed by atoms with E-state index in [-0.39, 0.29) is 9.88 Å². The highest BCUT2D eigenvalue weighted by atomic mass is 32.2. The summed E-state index contributed by atoms with van der Waals surface area (Å²) in [6.45, 7) is 4.61. The second kappa shape index (κ2) is 9.26. The van der Waals surface area contributed by atoms with Crippen LogP contribution < -0.4 is 19.7 Å². The van der Waals surface area contributed by atoms with Crippen LogP contribution in [0.3, 0.4) is 0 Å². The minimum absolute atomic E-state index is 0.183. The summed E-state index contributed by atoms with van der Waals surface area (Å²) in [7, 11) is 0. The number of thiazole rings is 1. The Morgan fingerprint density at radius 3 is 2.53 bits per heavy atom. The molecule has 3 heterocycles. The number of anilines is 1. The Bertz CT molecular complexity index is 1340. The molecule has 0 spiro atoms. The maximum atomic E-state index is 13.0. The number of para-hydroxylation sites is 1. The first-order chi connectivity index (χ1) is 15.3. The highest BCUT2D eigenvalue weighted by Gasteiger charge is 2.35. The van der Waals surface area contributed by atoms with Gasteiger partial charge in [-0.1, -0.05) is 47.9 Å². The van der Waals surface area contributed by atoms with E-state index in [1.807, 2.05) is 25.1 Å². The third kappa shape index (κ3) is 4.05. The lowest BCUT2D eigenvalue weighted by molar-refractivity contribution is -0.140. The van der Waals surface area contributed by atoms with Gasteiger partial charge in [0.15, 0.2) is 0 Å². The van der Waals surface area contributed by atoms with Gasteiger partial charge in [-0.2, -0.15) is 0 Å². The van der Waals surface area contributed by atoms with E-state index >= 15 is 0 Å². The molecule has 0 saturated carbocycles. The number of carbonyl (C=O) groups is 2. The Labute approximate surface area is 201 Å². The Morgan fingerprint density at radius 2 is 1.84 bits per heavy atom. The zero-order chi connectivity index (χ0) is 23.0. The molecule has 0 unspecified atom stereocenters. The van der Waals surface area contributed by atoms with Crippen LogP contribution in [-0.4, -0.2) is 43.9 Å². The van der Waals surface area contributed by atoms with Gasteiger partial charge < -0.3 is 10.0 Å². The summed E-state index contributed by atoms with van der Waals surface area (Å²) in [6, 6.07) is 8.16. The van der Waals surface area contributed by atoms with Crippen LogP contribution in [0.5, 0.6) is 0 Å². The molecule has 4 rings (SSSR count). The smallest absolute Gasteiger partial charge is 0.323 e. The first kappa shape index (κ1) is 22.8. The summed E-state index contributed by atoms with van der Waals surface area (Å²) in [4.78, 5) is 41.6. The average Bonchev–Trinajstić information content (AvgIpc) is 3.38. The van der Waals surface area contributed by atoms with Crippen LogP contribution >= 0.6 is 47.1 Å². The number of carboxylic acid groups (broad SMARTS) is 1. The number of allylic oxidation sites excluding steroid dienone is 1. The molecule has 32 heavy (non-hydrogen) atoms. The molecule has 0 aliphatic carbocycles. The SMILES string of the molecule is CCN1C(=C/C=c2\sc(=C3SC(=S)N(CC(=O)O)C3=O)n(CC)c2=O)Sc2ccccc21. The number of nitrogens with zero attached hydrogens (tertiary/aromatic N) is 3. The fourth-order valence-electron chi connectivity index (χ4n) is 3.44. The van der Waals surface area contributed by atoms with Gasteiger partial charge in [0, 0.05) is 18.0 Å². The van der Waals surface area contributed by atoms with Gasteiger partial charge in [-0.15, -0.1) is 11.3 Å². The molecule has 1 saturated heterocycles. The molecular formula is C21H19N3O4S4. The van der Waals surface area contributed by atoms with Gasteiger partial charge >= 0.3 is 5.97 Å². The third-order valence-corrected chi connectivity index (χ3v) is 8.74. The van der Waals surface area contributed by atoms with Crippen molar-refractivity contribution in [1.82, 2.24) is 9.47 Å². The van der Waals surface area contributed by atoms with Gasteiger partial charge in [-0.05, 0) is 38.1 Å². The van der Waals surface area contributed by atoms with Crippen LogP contribution in [0.1, 0.15) is 13.8 Å². The lowest BCUT2D eigenvalue weighted by atomic mass is 10.3. The second-order valence-electron chi connectivity index (χ2n) is 6.79. The molecule has 0 radical (unpaired) electrons. The summed E-state index contributed by atoms with van der Waals surface area (Å²) in [5.74, 6) is -1.62. The van der Waals surface area contributed by atoms with E-state index in [2.05, 4.69) is 24.0 Å². The highest BCUT2D eigenvalue weighted by molar-refractivity contribution is 8.30. The molecule has 0 atom stereocenters. The van der Waals surface area contributed by atoms with Crippen LogP contribution in [0, 0.1) is 0 Å². The third-order valence-electron chi connectivity index (χ3n) is 4.89. The largest absolute Gasteiger partial charge is 0.480 e. The number of hydrogen-bond donors (Lipinski definition) is 1. The molecule has 1 fully saturated rings. The molecule has 1 amide bonds. The van der Waals surface area contributed by atoms with Gasteiger partial charge in [0.1, 0.15) is 20.4 Å². The topological polar surface area (TPSA) is 82.8 Å². The number of hydrogen-bond acceptors (Lipinski definition) is 8. The summed E-state index contributed by atoms with van der Waals surface area (Å²) in [6.07, 6.45) is 3.72. The van der Waals surface area contributed by atoms with Gasteiger partial charge in [-0.25, -0.2) is 0 Å². The van der Waals surface area contributed by atoms with Crippen molar-refractivity contribution < 1.29 is 14.7 Å². The summed E-state index contributed by atoms with van der Waals surface area (Å²) in [5, 5.41) is 10.1. The lowest BCUT2D eigenvalue weighted by Crippen LogP contribution is -2.35. The Kier molecular flexibility index (Phi) is 6.61. The molecule has 1 N–H and O–H groups in total. The normalized spacial score (nSPS) is 19.4. The van der Waals surface area contributed by atoms with Crippen LogP contribution in [0.15, 0.2) is 45.1 Å². The number of carbonyl (C=O) groups excluding carboxylic acids is 1. The highest BCUT2D eigenvalue weighted by Crippen LogP contribution is 2.45. The molecular weight excluding hydrogens is 487 g/mol. The first-order valence-electron chi connectivity index (χ1n) is 9.81. The van der Waals surface area contributed by atoms with Crippen molar-refractivity contribution in [2.24, 2.45) is 0 Å². The van der Waals surface area contributed by atoms with Crippen molar-refractivity contribution in [3.63, 3.8) is 0 Å². The number of rotatable bonds is 5. The fraction of sp³-hybridized carbons (Fsp3) is 0.238. The van der Waals surface area contributed by atoms with Crippen LogP contribution in [-0.2, 0) is 16.1 Å².